The van der Waals surface area contributed by atoms with Gasteiger partial charge in [-0.25, -0.2) is 0 Å². The standard InChI is InChI=1S/C14H16N2O/c1-9(2)16-10(3)13(8-15)12-6-5-11(17-4)7-14(12)16/h5-7,9H,1-4H3. The minimum Gasteiger partial charge on any atom is -0.497 e. The third-order valence-corrected chi connectivity index (χ3v) is 3.09. The molecular weight excluding hydrogens is 212 g/mol. The Bertz CT molecular complexity index is 603. The van der Waals surface area contributed by atoms with Crippen LogP contribution in [0.5, 0.6) is 5.75 Å². The minimum atomic E-state index is 0.326. The van der Waals surface area contributed by atoms with Gasteiger partial charge < -0.3 is 9.30 Å². The Morgan fingerprint density at radius 1 is 1.35 bits per heavy atom. The summed E-state index contributed by atoms with van der Waals surface area (Å²) >= 11 is 0. The minimum absolute atomic E-state index is 0.326. The molecule has 0 radical (unpaired) electrons. The Balaban J connectivity index is 2.87. The number of nitrogens with zero attached hydrogens (tertiary/aromatic N) is 2. The zero-order chi connectivity index (χ0) is 12.6. The fraction of sp³-hybridized carbons (Fsp3) is 0.357. The van der Waals surface area contributed by atoms with E-state index >= 15 is 0 Å². The smallest absolute Gasteiger partial charge is 0.120 e. The van der Waals surface area contributed by atoms with E-state index in [1.165, 1.54) is 0 Å². The highest BCUT2D eigenvalue weighted by molar-refractivity contribution is 5.89. The number of hydrogen-bond donors (Lipinski definition) is 0. The van der Waals surface area contributed by atoms with Gasteiger partial charge in [-0.3, -0.25) is 0 Å². The van der Waals surface area contributed by atoms with Crippen LogP contribution >= 0.6 is 0 Å². The first-order valence-electron chi connectivity index (χ1n) is 5.68. The van der Waals surface area contributed by atoms with Crippen LogP contribution in [0.4, 0.5) is 0 Å². The molecule has 0 saturated carbocycles. The van der Waals surface area contributed by atoms with E-state index < -0.39 is 0 Å². The first kappa shape index (κ1) is 11.5. The normalized spacial score (nSPS) is 10.8. The van der Waals surface area contributed by atoms with Crippen LogP contribution in [0.3, 0.4) is 0 Å². The SMILES string of the molecule is COc1ccc2c(C#N)c(C)n(C(C)C)c2c1. The summed E-state index contributed by atoms with van der Waals surface area (Å²) in [5, 5.41) is 10.2. The predicted octanol–water partition coefficient (Wildman–Crippen LogP) is 3.41. The maximum atomic E-state index is 9.24. The fourth-order valence-corrected chi connectivity index (χ4v) is 2.35. The van der Waals surface area contributed by atoms with Gasteiger partial charge in [-0.2, -0.15) is 5.26 Å². The molecule has 0 aliphatic rings. The van der Waals surface area contributed by atoms with Crippen molar-refractivity contribution in [2.45, 2.75) is 26.8 Å². The van der Waals surface area contributed by atoms with Crippen LogP contribution in [-0.4, -0.2) is 11.7 Å². The van der Waals surface area contributed by atoms with Crippen molar-refractivity contribution in [1.82, 2.24) is 4.57 Å². The molecule has 3 heteroatoms. The second-order valence-corrected chi connectivity index (χ2v) is 4.42. The molecule has 0 spiro atoms. The third-order valence-electron chi connectivity index (χ3n) is 3.09. The number of nitriles is 1. The highest BCUT2D eigenvalue weighted by Crippen LogP contribution is 2.31. The average molecular weight is 228 g/mol. The fourth-order valence-electron chi connectivity index (χ4n) is 2.35. The summed E-state index contributed by atoms with van der Waals surface area (Å²) in [6.45, 7) is 6.23. The lowest BCUT2D eigenvalue weighted by Crippen LogP contribution is -2.02. The van der Waals surface area contributed by atoms with E-state index in [1.54, 1.807) is 7.11 Å². The summed E-state index contributed by atoms with van der Waals surface area (Å²) in [6.07, 6.45) is 0. The van der Waals surface area contributed by atoms with Crippen molar-refractivity contribution in [2.75, 3.05) is 7.11 Å². The number of methoxy groups -OCH3 is 1. The van der Waals surface area contributed by atoms with Crippen LogP contribution in [0.25, 0.3) is 10.9 Å². The van der Waals surface area contributed by atoms with Gasteiger partial charge in [0.25, 0.3) is 0 Å². The van der Waals surface area contributed by atoms with E-state index in [9.17, 15) is 5.26 Å². The number of fused-ring (bicyclic) bond motifs is 1. The molecule has 2 rings (SSSR count). The van der Waals surface area contributed by atoms with Gasteiger partial charge in [0.1, 0.15) is 11.8 Å². The molecule has 1 aromatic carbocycles. The van der Waals surface area contributed by atoms with Crippen molar-refractivity contribution in [2.24, 2.45) is 0 Å². The van der Waals surface area contributed by atoms with Crippen LogP contribution < -0.4 is 4.74 Å². The molecule has 0 aliphatic heterocycles. The van der Waals surface area contributed by atoms with E-state index in [2.05, 4.69) is 24.5 Å². The predicted molar refractivity (Wildman–Crippen MR) is 68.3 cm³/mol. The van der Waals surface area contributed by atoms with Crippen molar-refractivity contribution in [3.63, 3.8) is 0 Å². The molecular formula is C14H16N2O. The molecule has 0 bridgehead atoms. The summed E-state index contributed by atoms with van der Waals surface area (Å²) < 4.78 is 7.42. The molecule has 0 unspecified atom stereocenters. The summed E-state index contributed by atoms with van der Waals surface area (Å²) in [7, 11) is 1.65. The highest BCUT2D eigenvalue weighted by atomic mass is 16.5. The molecule has 3 nitrogen and oxygen atoms in total. The zero-order valence-electron chi connectivity index (χ0n) is 10.6. The Labute approximate surface area is 101 Å². The summed E-state index contributed by atoms with van der Waals surface area (Å²) in [4.78, 5) is 0. The van der Waals surface area contributed by atoms with Crippen molar-refractivity contribution < 1.29 is 4.74 Å². The van der Waals surface area contributed by atoms with Gasteiger partial charge >= 0.3 is 0 Å². The molecule has 88 valence electrons. The number of ether oxygens (including phenoxy) is 1. The largest absolute Gasteiger partial charge is 0.497 e. The van der Waals surface area contributed by atoms with Crippen LogP contribution in [0, 0.1) is 18.3 Å². The lowest BCUT2D eigenvalue weighted by atomic mass is 10.1. The average Bonchev–Trinajstić information content (AvgIpc) is 2.59. The molecule has 0 atom stereocenters. The molecule has 0 amide bonds. The number of aromatic nitrogens is 1. The second kappa shape index (κ2) is 4.14. The Morgan fingerprint density at radius 3 is 2.59 bits per heavy atom. The molecule has 2 aromatic rings. The van der Waals surface area contributed by atoms with Gasteiger partial charge in [0.2, 0.25) is 0 Å². The third kappa shape index (κ3) is 1.66. The summed E-state index contributed by atoms with van der Waals surface area (Å²) in [6, 6.07) is 8.46. The van der Waals surface area contributed by atoms with E-state index in [0.717, 1.165) is 27.9 Å². The van der Waals surface area contributed by atoms with Crippen molar-refractivity contribution in [3.8, 4) is 11.8 Å². The highest BCUT2D eigenvalue weighted by Gasteiger charge is 2.15. The van der Waals surface area contributed by atoms with E-state index in [1.807, 2.05) is 25.1 Å². The first-order chi connectivity index (χ1) is 8.10. The van der Waals surface area contributed by atoms with E-state index in [4.69, 9.17) is 4.74 Å². The summed E-state index contributed by atoms with van der Waals surface area (Å²) in [5.41, 5.74) is 2.84. The van der Waals surface area contributed by atoms with Gasteiger partial charge in [0, 0.05) is 23.2 Å². The van der Waals surface area contributed by atoms with Crippen LogP contribution in [0.2, 0.25) is 0 Å². The Morgan fingerprint density at radius 2 is 2.06 bits per heavy atom. The van der Waals surface area contributed by atoms with E-state index in [0.29, 0.717) is 6.04 Å². The molecule has 0 saturated heterocycles. The van der Waals surface area contributed by atoms with Crippen molar-refractivity contribution in [3.05, 3.63) is 29.5 Å². The van der Waals surface area contributed by atoms with Crippen LogP contribution in [0.15, 0.2) is 18.2 Å². The molecule has 1 aromatic heterocycles. The van der Waals surface area contributed by atoms with Gasteiger partial charge in [-0.15, -0.1) is 0 Å². The molecule has 0 N–H and O–H groups in total. The Kier molecular flexibility index (Phi) is 2.81. The quantitative estimate of drug-likeness (QED) is 0.790. The zero-order valence-corrected chi connectivity index (χ0v) is 10.6. The van der Waals surface area contributed by atoms with Gasteiger partial charge in [0.05, 0.1) is 18.2 Å². The molecule has 1 heterocycles. The summed E-state index contributed by atoms with van der Waals surface area (Å²) in [5.74, 6) is 0.821. The van der Waals surface area contributed by atoms with E-state index in [-0.39, 0.29) is 0 Å². The van der Waals surface area contributed by atoms with Gasteiger partial charge in [-0.05, 0) is 32.9 Å². The van der Waals surface area contributed by atoms with Crippen LogP contribution in [0.1, 0.15) is 31.1 Å². The van der Waals surface area contributed by atoms with Gasteiger partial charge in [-0.1, -0.05) is 0 Å². The monoisotopic (exact) mass is 228 g/mol. The number of hydrogen-bond acceptors (Lipinski definition) is 2. The van der Waals surface area contributed by atoms with Crippen molar-refractivity contribution >= 4 is 10.9 Å². The second-order valence-electron chi connectivity index (χ2n) is 4.42. The van der Waals surface area contributed by atoms with Crippen molar-refractivity contribution in [1.29, 1.82) is 5.26 Å². The number of benzene rings is 1. The lowest BCUT2D eigenvalue weighted by Gasteiger charge is -2.12. The molecule has 0 fully saturated rings. The molecule has 0 aliphatic carbocycles. The van der Waals surface area contributed by atoms with Crippen LogP contribution in [-0.2, 0) is 0 Å². The maximum Gasteiger partial charge on any atom is 0.120 e. The van der Waals surface area contributed by atoms with Gasteiger partial charge in [0.15, 0.2) is 0 Å². The lowest BCUT2D eigenvalue weighted by molar-refractivity contribution is 0.415. The Hall–Kier alpha value is -1.95. The topological polar surface area (TPSA) is 37.9 Å². The first-order valence-corrected chi connectivity index (χ1v) is 5.68. The maximum absolute atomic E-state index is 9.24. The number of rotatable bonds is 2. The molecule has 17 heavy (non-hydrogen) atoms.